The van der Waals surface area contributed by atoms with Crippen molar-refractivity contribution in [2.24, 2.45) is 5.92 Å². The first kappa shape index (κ1) is 17.8. The topological polar surface area (TPSA) is 72.8 Å². The Balaban J connectivity index is 1.83. The summed E-state index contributed by atoms with van der Waals surface area (Å²) in [6.07, 6.45) is 1.59. The first-order chi connectivity index (χ1) is 11.0. The predicted molar refractivity (Wildman–Crippen MR) is 91.7 cm³/mol. The van der Waals surface area contributed by atoms with Crippen LogP contribution in [0.1, 0.15) is 43.5 Å². The van der Waals surface area contributed by atoms with E-state index in [1.807, 2.05) is 38.1 Å². The molecule has 1 aromatic rings. The Bertz CT molecular complexity index is 493. The van der Waals surface area contributed by atoms with Gasteiger partial charge in [-0.05, 0) is 49.4 Å². The van der Waals surface area contributed by atoms with Gasteiger partial charge in [-0.15, -0.1) is 0 Å². The predicted octanol–water partition coefficient (Wildman–Crippen LogP) is 1.78. The maximum Gasteiger partial charge on any atom is 0.251 e. The molecule has 2 rings (SSSR count). The van der Waals surface area contributed by atoms with E-state index >= 15 is 0 Å². The number of rotatable bonds is 6. The molecule has 1 fully saturated rings. The summed E-state index contributed by atoms with van der Waals surface area (Å²) < 4.78 is 0. The highest BCUT2D eigenvalue weighted by Gasteiger charge is 2.17. The average molecular weight is 320 g/mol. The highest BCUT2D eigenvalue weighted by atomic mass is 16.3. The Morgan fingerprint density at radius 1 is 1.26 bits per heavy atom. The lowest BCUT2D eigenvalue weighted by Gasteiger charge is -2.31. The van der Waals surface area contributed by atoms with Crippen LogP contribution >= 0.6 is 0 Å². The van der Waals surface area contributed by atoms with Crippen LogP contribution in [0.3, 0.4) is 0 Å². The minimum atomic E-state index is -0.382. The van der Waals surface area contributed by atoms with Crippen LogP contribution in [-0.4, -0.2) is 48.0 Å². The van der Waals surface area contributed by atoms with Crippen molar-refractivity contribution in [3.05, 3.63) is 29.8 Å². The summed E-state index contributed by atoms with van der Waals surface area (Å²) >= 11 is 0. The second kappa shape index (κ2) is 8.31. The van der Waals surface area contributed by atoms with Crippen molar-refractivity contribution < 1.29 is 15.0 Å². The molecule has 23 heavy (non-hydrogen) atoms. The number of aliphatic hydroxyl groups is 2. The Morgan fingerprint density at radius 3 is 2.43 bits per heavy atom. The number of carbonyl (C=O) groups is 1. The fourth-order valence-corrected chi connectivity index (χ4v) is 2.72. The lowest BCUT2D eigenvalue weighted by atomic mass is 10.0. The second-order valence-corrected chi connectivity index (χ2v) is 6.62. The normalized spacial score (nSPS) is 17.3. The van der Waals surface area contributed by atoms with Gasteiger partial charge in [0.1, 0.15) is 0 Å². The number of piperidine rings is 1. The standard InChI is InChI=1S/C18H28N2O3/c1-13(2)17(22)7-10-19-18(23)14-3-5-15(6-4-14)20-11-8-16(21)9-12-20/h3-6,13,16-17,21-22H,7-12H2,1-2H3,(H,19,23). The van der Waals surface area contributed by atoms with Gasteiger partial charge in [0.15, 0.2) is 0 Å². The van der Waals surface area contributed by atoms with E-state index in [4.69, 9.17) is 0 Å². The van der Waals surface area contributed by atoms with Crippen molar-refractivity contribution in [3.8, 4) is 0 Å². The highest BCUT2D eigenvalue weighted by Crippen LogP contribution is 2.20. The number of hydrogen-bond donors (Lipinski definition) is 3. The van der Waals surface area contributed by atoms with Crippen LogP contribution in [0.15, 0.2) is 24.3 Å². The van der Waals surface area contributed by atoms with Gasteiger partial charge in [-0.2, -0.15) is 0 Å². The molecule has 1 saturated heterocycles. The lowest BCUT2D eigenvalue weighted by molar-refractivity contribution is 0.0920. The molecule has 0 aromatic heterocycles. The fourth-order valence-electron chi connectivity index (χ4n) is 2.72. The van der Waals surface area contributed by atoms with Gasteiger partial charge in [0.2, 0.25) is 0 Å². The van der Waals surface area contributed by atoms with Crippen LogP contribution in [0.25, 0.3) is 0 Å². The number of aliphatic hydroxyl groups excluding tert-OH is 2. The van der Waals surface area contributed by atoms with Gasteiger partial charge < -0.3 is 20.4 Å². The summed E-state index contributed by atoms with van der Waals surface area (Å²) in [7, 11) is 0. The summed E-state index contributed by atoms with van der Waals surface area (Å²) in [5, 5.41) is 22.1. The van der Waals surface area contributed by atoms with Gasteiger partial charge in [0.25, 0.3) is 5.91 Å². The number of anilines is 1. The summed E-state index contributed by atoms with van der Waals surface area (Å²) in [4.78, 5) is 14.3. The zero-order valence-electron chi connectivity index (χ0n) is 14.0. The number of hydrogen-bond acceptors (Lipinski definition) is 4. The molecule has 128 valence electrons. The quantitative estimate of drug-likeness (QED) is 0.747. The first-order valence-corrected chi connectivity index (χ1v) is 8.46. The largest absolute Gasteiger partial charge is 0.393 e. The van der Waals surface area contributed by atoms with Crippen LogP contribution in [0, 0.1) is 5.92 Å². The zero-order chi connectivity index (χ0) is 16.8. The average Bonchev–Trinajstić information content (AvgIpc) is 2.55. The van der Waals surface area contributed by atoms with Gasteiger partial charge in [0.05, 0.1) is 12.2 Å². The minimum Gasteiger partial charge on any atom is -0.393 e. The second-order valence-electron chi connectivity index (χ2n) is 6.62. The Hall–Kier alpha value is -1.59. The van der Waals surface area contributed by atoms with Gasteiger partial charge in [0, 0.05) is 30.9 Å². The highest BCUT2D eigenvalue weighted by molar-refractivity contribution is 5.94. The van der Waals surface area contributed by atoms with Gasteiger partial charge >= 0.3 is 0 Å². The number of nitrogens with one attached hydrogen (secondary N) is 1. The molecule has 1 aromatic carbocycles. The molecule has 1 unspecified atom stereocenters. The van der Waals surface area contributed by atoms with Crippen LogP contribution in [0.4, 0.5) is 5.69 Å². The molecule has 0 bridgehead atoms. The summed E-state index contributed by atoms with van der Waals surface area (Å²) in [5.74, 6) is 0.0934. The number of benzene rings is 1. The molecule has 3 N–H and O–H groups in total. The molecule has 1 amide bonds. The van der Waals surface area contributed by atoms with Crippen LogP contribution in [-0.2, 0) is 0 Å². The molecule has 5 nitrogen and oxygen atoms in total. The minimum absolute atomic E-state index is 0.110. The monoisotopic (exact) mass is 320 g/mol. The Labute approximate surface area is 138 Å². The van der Waals surface area contributed by atoms with Crippen LogP contribution in [0.2, 0.25) is 0 Å². The van der Waals surface area contributed by atoms with Crippen molar-refractivity contribution >= 4 is 11.6 Å². The third-order valence-corrected chi connectivity index (χ3v) is 4.45. The molecule has 0 aliphatic carbocycles. The molecule has 0 radical (unpaired) electrons. The fraction of sp³-hybridized carbons (Fsp3) is 0.611. The Morgan fingerprint density at radius 2 is 1.87 bits per heavy atom. The first-order valence-electron chi connectivity index (χ1n) is 8.46. The van der Waals surface area contributed by atoms with Crippen LogP contribution < -0.4 is 10.2 Å². The number of amides is 1. The summed E-state index contributed by atoms with van der Waals surface area (Å²) in [5.41, 5.74) is 1.72. The summed E-state index contributed by atoms with van der Waals surface area (Å²) in [6, 6.07) is 7.56. The van der Waals surface area contributed by atoms with Crippen molar-refractivity contribution in [2.75, 3.05) is 24.5 Å². The van der Waals surface area contributed by atoms with E-state index in [0.717, 1.165) is 31.6 Å². The van der Waals surface area contributed by atoms with E-state index in [9.17, 15) is 15.0 Å². The number of nitrogens with zero attached hydrogens (tertiary/aromatic N) is 1. The van der Waals surface area contributed by atoms with Gasteiger partial charge in [-0.25, -0.2) is 0 Å². The molecular weight excluding hydrogens is 292 g/mol. The van der Waals surface area contributed by atoms with E-state index in [-0.39, 0.29) is 24.0 Å². The zero-order valence-corrected chi connectivity index (χ0v) is 14.0. The lowest BCUT2D eigenvalue weighted by Crippen LogP contribution is -2.35. The summed E-state index contributed by atoms with van der Waals surface area (Å²) in [6.45, 7) is 6.10. The van der Waals surface area contributed by atoms with E-state index in [1.54, 1.807) is 0 Å². The van der Waals surface area contributed by atoms with E-state index in [1.165, 1.54) is 0 Å². The molecule has 1 atom stereocenters. The van der Waals surface area contributed by atoms with Crippen molar-refractivity contribution in [1.82, 2.24) is 5.32 Å². The maximum absolute atomic E-state index is 12.1. The molecule has 5 heteroatoms. The molecule has 1 aliphatic rings. The molecule has 0 saturated carbocycles. The molecule has 1 heterocycles. The smallest absolute Gasteiger partial charge is 0.251 e. The third-order valence-electron chi connectivity index (χ3n) is 4.45. The van der Waals surface area contributed by atoms with Crippen molar-refractivity contribution in [1.29, 1.82) is 0 Å². The van der Waals surface area contributed by atoms with Gasteiger partial charge in [-0.1, -0.05) is 13.8 Å². The molecule has 0 spiro atoms. The molecular formula is C18H28N2O3. The van der Waals surface area contributed by atoms with E-state index < -0.39 is 0 Å². The van der Waals surface area contributed by atoms with Gasteiger partial charge in [-0.3, -0.25) is 4.79 Å². The molecule has 1 aliphatic heterocycles. The number of carbonyl (C=O) groups excluding carboxylic acids is 1. The van der Waals surface area contributed by atoms with E-state index in [2.05, 4.69) is 10.2 Å². The van der Waals surface area contributed by atoms with Crippen LogP contribution in [0.5, 0.6) is 0 Å². The Kier molecular flexibility index (Phi) is 6.42. The van der Waals surface area contributed by atoms with Crippen molar-refractivity contribution in [2.45, 2.75) is 45.3 Å². The SMILES string of the molecule is CC(C)C(O)CCNC(=O)c1ccc(N2CCC(O)CC2)cc1. The van der Waals surface area contributed by atoms with Crippen molar-refractivity contribution in [3.63, 3.8) is 0 Å². The maximum atomic E-state index is 12.1. The van der Waals surface area contributed by atoms with E-state index in [0.29, 0.717) is 18.5 Å². The third kappa shape index (κ3) is 5.22.